The Kier molecular flexibility index (Phi) is 4.07. The van der Waals surface area contributed by atoms with Gasteiger partial charge in [-0.2, -0.15) is 0 Å². The van der Waals surface area contributed by atoms with Crippen molar-refractivity contribution >= 4 is 10.8 Å². The fourth-order valence-corrected chi connectivity index (χ4v) is 2.75. The van der Waals surface area contributed by atoms with E-state index in [9.17, 15) is 8.60 Å². The fraction of sp³-hybridized carbons (Fsp3) is 0.500. The van der Waals surface area contributed by atoms with Gasteiger partial charge >= 0.3 is 0 Å². The van der Waals surface area contributed by atoms with Gasteiger partial charge in [0.05, 0.1) is 15.7 Å². The van der Waals surface area contributed by atoms with Crippen LogP contribution in [0.4, 0.5) is 4.39 Å². The van der Waals surface area contributed by atoms with E-state index in [2.05, 4.69) is 5.32 Å². The quantitative estimate of drug-likeness (QED) is 0.855. The van der Waals surface area contributed by atoms with Gasteiger partial charge in [-0.05, 0) is 25.0 Å². The van der Waals surface area contributed by atoms with Crippen molar-refractivity contribution in [2.45, 2.75) is 30.2 Å². The van der Waals surface area contributed by atoms with E-state index in [-0.39, 0.29) is 5.82 Å². The Hall–Kier alpha value is -0.740. The van der Waals surface area contributed by atoms with E-state index in [1.54, 1.807) is 18.2 Å². The average molecular weight is 241 g/mol. The third-order valence-corrected chi connectivity index (χ3v) is 4.30. The summed E-state index contributed by atoms with van der Waals surface area (Å²) in [5.74, 6) is 0.113. The first-order valence-corrected chi connectivity index (χ1v) is 6.95. The molecule has 4 heteroatoms. The molecule has 2 nitrogen and oxygen atoms in total. The molecule has 0 aliphatic heterocycles. The SMILES string of the molecule is O=S(CCNC1CCC1)c1ccccc1F. The molecule has 1 N–H and O–H groups in total. The number of halogens is 1. The molecule has 1 aliphatic rings. The molecule has 0 radical (unpaired) electrons. The van der Waals surface area contributed by atoms with E-state index in [1.165, 1.54) is 25.3 Å². The minimum absolute atomic E-state index is 0.318. The van der Waals surface area contributed by atoms with Crippen molar-refractivity contribution in [1.82, 2.24) is 5.32 Å². The van der Waals surface area contributed by atoms with E-state index in [4.69, 9.17) is 0 Å². The molecule has 2 rings (SSSR count). The van der Waals surface area contributed by atoms with Gasteiger partial charge in [-0.1, -0.05) is 18.6 Å². The highest BCUT2D eigenvalue weighted by Crippen LogP contribution is 2.17. The molecule has 1 aromatic rings. The molecule has 0 bridgehead atoms. The molecular weight excluding hydrogens is 225 g/mol. The summed E-state index contributed by atoms with van der Waals surface area (Å²) in [4.78, 5) is 0.318. The number of nitrogens with one attached hydrogen (secondary N) is 1. The molecule has 0 amide bonds. The summed E-state index contributed by atoms with van der Waals surface area (Å²) in [6, 6.07) is 6.87. The zero-order chi connectivity index (χ0) is 11.4. The summed E-state index contributed by atoms with van der Waals surface area (Å²) in [5, 5.41) is 3.32. The molecule has 1 atom stereocenters. The minimum Gasteiger partial charge on any atom is -0.313 e. The van der Waals surface area contributed by atoms with Crippen LogP contribution in [0.25, 0.3) is 0 Å². The van der Waals surface area contributed by atoms with Crippen LogP contribution in [0.15, 0.2) is 29.2 Å². The van der Waals surface area contributed by atoms with Crippen LogP contribution < -0.4 is 5.32 Å². The van der Waals surface area contributed by atoms with Crippen LogP contribution in [0.2, 0.25) is 0 Å². The van der Waals surface area contributed by atoms with Crippen LogP contribution in [0.5, 0.6) is 0 Å². The molecule has 0 spiro atoms. The van der Waals surface area contributed by atoms with Gasteiger partial charge in [0, 0.05) is 18.3 Å². The smallest absolute Gasteiger partial charge is 0.139 e. The lowest BCUT2D eigenvalue weighted by Gasteiger charge is -2.26. The maximum atomic E-state index is 13.3. The summed E-state index contributed by atoms with van der Waals surface area (Å²) in [7, 11) is -1.23. The van der Waals surface area contributed by atoms with Crippen molar-refractivity contribution in [2.24, 2.45) is 0 Å². The Morgan fingerprint density at radius 3 is 2.75 bits per heavy atom. The predicted molar refractivity (Wildman–Crippen MR) is 63.3 cm³/mol. The summed E-state index contributed by atoms with van der Waals surface area (Å²) in [6.07, 6.45) is 3.72. The highest BCUT2D eigenvalue weighted by Gasteiger charge is 2.16. The molecule has 88 valence electrons. The standard InChI is InChI=1S/C12H16FNOS/c13-11-6-1-2-7-12(11)16(15)9-8-14-10-4-3-5-10/h1-2,6-7,10,14H,3-5,8-9H2. The number of benzene rings is 1. The second kappa shape index (κ2) is 5.55. The molecule has 0 saturated heterocycles. The van der Waals surface area contributed by atoms with Crippen LogP contribution in [-0.4, -0.2) is 22.5 Å². The monoisotopic (exact) mass is 241 g/mol. The van der Waals surface area contributed by atoms with Gasteiger partial charge in [-0.3, -0.25) is 4.21 Å². The Bertz CT molecular complexity index is 379. The predicted octanol–water partition coefficient (Wildman–Crippen LogP) is 2.08. The fourth-order valence-electron chi connectivity index (χ4n) is 1.71. The molecule has 0 heterocycles. The van der Waals surface area contributed by atoms with Crippen LogP contribution in [-0.2, 0) is 10.8 Å². The Balaban J connectivity index is 1.81. The van der Waals surface area contributed by atoms with Crippen LogP contribution in [0.3, 0.4) is 0 Å². The van der Waals surface area contributed by atoms with Crippen LogP contribution in [0.1, 0.15) is 19.3 Å². The molecule has 1 aromatic carbocycles. The first kappa shape index (κ1) is 11.7. The van der Waals surface area contributed by atoms with Crippen molar-refractivity contribution in [1.29, 1.82) is 0 Å². The largest absolute Gasteiger partial charge is 0.313 e. The summed E-state index contributed by atoms with van der Waals surface area (Å²) in [6.45, 7) is 0.700. The average Bonchev–Trinajstić information content (AvgIpc) is 2.22. The van der Waals surface area contributed by atoms with E-state index < -0.39 is 10.8 Å². The molecule has 1 saturated carbocycles. The third kappa shape index (κ3) is 2.89. The Morgan fingerprint density at radius 1 is 1.38 bits per heavy atom. The Morgan fingerprint density at radius 2 is 2.12 bits per heavy atom. The van der Waals surface area contributed by atoms with E-state index in [0.717, 1.165) is 0 Å². The van der Waals surface area contributed by atoms with E-state index in [1.807, 2.05) is 0 Å². The van der Waals surface area contributed by atoms with Crippen LogP contribution in [0, 0.1) is 5.82 Å². The van der Waals surface area contributed by atoms with Crippen molar-refractivity contribution in [3.05, 3.63) is 30.1 Å². The van der Waals surface area contributed by atoms with E-state index >= 15 is 0 Å². The molecular formula is C12H16FNOS. The van der Waals surface area contributed by atoms with Gasteiger partial charge in [0.25, 0.3) is 0 Å². The number of hydrogen-bond donors (Lipinski definition) is 1. The lowest BCUT2D eigenvalue weighted by atomic mass is 9.93. The molecule has 1 unspecified atom stereocenters. The van der Waals surface area contributed by atoms with Gasteiger partial charge in [-0.25, -0.2) is 4.39 Å². The second-order valence-electron chi connectivity index (χ2n) is 4.06. The maximum Gasteiger partial charge on any atom is 0.139 e. The minimum atomic E-state index is -1.23. The molecule has 0 aromatic heterocycles. The molecule has 1 fully saturated rings. The van der Waals surface area contributed by atoms with Gasteiger partial charge in [0.1, 0.15) is 5.82 Å². The topological polar surface area (TPSA) is 29.1 Å². The van der Waals surface area contributed by atoms with Crippen LogP contribution >= 0.6 is 0 Å². The lowest BCUT2D eigenvalue weighted by molar-refractivity contribution is 0.347. The van der Waals surface area contributed by atoms with Crippen molar-refractivity contribution in [3.63, 3.8) is 0 Å². The number of rotatable bonds is 5. The number of hydrogen-bond acceptors (Lipinski definition) is 2. The maximum absolute atomic E-state index is 13.3. The Labute approximate surface area is 97.7 Å². The van der Waals surface area contributed by atoms with Gasteiger partial charge in [-0.15, -0.1) is 0 Å². The molecule has 16 heavy (non-hydrogen) atoms. The third-order valence-electron chi connectivity index (χ3n) is 2.91. The zero-order valence-corrected chi connectivity index (χ0v) is 9.93. The van der Waals surface area contributed by atoms with Crippen molar-refractivity contribution < 1.29 is 8.60 Å². The molecule has 1 aliphatic carbocycles. The second-order valence-corrected chi connectivity index (χ2v) is 5.60. The van der Waals surface area contributed by atoms with Gasteiger partial charge in [0.15, 0.2) is 0 Å². The highest BCUT2D eigenvalue weighted by molar-refractivity contribution is 7.85. The van der Waals surface area contributed by atoms with Gasteiger partial charge < -0.3 is 5.32 Å². The summed E-state index contributed by atoms with van der Waals surface area (Å²) < 4.78 is 25.1. The summed E-state index contributed by atoms with van der Waals surface area (Å²) in [5.41, 5.74) is 0. The van der Waals surface area contributed by atoms with Crippen molar-refractivity contribution in [3.8, 4) is 0 Å². The van der Waals surface area contributed by atoms with Gasteiger partial charge in [0.2, 0.25) is 0 Å². The van der Waals surface area contributed by atoms with Crippen molar-refractivity contribution in [2.75, 3.05) is 12.3 Å². The van der Waals surface area contributed by atoms with E-state index in [0.29, 0.717) is 23.2 Å². The first-order chi connectivity index (χ1) is 7.77. The highest BCUT2D eigenvalue weighted by atomic mass is 32.2. The summed E-state index contributed by atoms with van der Waals surface area (Å²) >= 11 is 0. The zero-order valence-electron chi connectivity index (χ0n) is 9.12. The first-order valence-electron chi connectivity index (χ1n) is 5.63. The lowest BCUT2D eigenvalue weighted by Crippen LogP contribution is -2.37. The normalized spacial score (nSPS) is 18.1.